The fourth-order valence-electron chi connectivity index (χ4n) is 4.52. The number of halogens is 1. The molecule has 3 aromatic carbocycles. The predicted octanol–water partition coefficient (Wildman–Crippen LogP) is 4.75. The van der Waals surface area contributed by atoms with Gasteiger partial charge in [0.2, 0.25) is 0 Å². The van der Waals surface area contributed by atoms with E-state index in [2.05, 4.69) is 20.6 Å². The van der Waals surface area contributed by atoms with E-state index in [-0.39, 0.29) is 29.5 Å². The highest BCUT2D eigenvalue weighted by Crippen LogP contribution is 2.37. The zero-order valence-electron chi connectivity index (χ0n) is 23.2. The largest absolute Gasteiger partial charge is 0.496 e. The van der Waals surface area contributed by atoms with Crippen LogP contribution < -0.4 is 15.4 Å². The minimum Gasteiger partial charge on any atom is -0.496 e. The minimum absolute atomic E-state index is 0.147. The summed E-state index contributed by atoms with van der Waals surface area (Å²) in [6, 6.07) is 16.0. The topological polar surface area (TPSA) is 134 Å². The van der Waals surface area contributed by atoms with Gasteiger partial charge in [0.25, 0.3) is 5.91 Å². The maximum absolute atomic E-state index is 15.4. The van der Waals surface area contributed by atoms with Crippen LogP contribution in [-0.4, -0.2) is 51.3 Å². The fraction of sp³-hybridized carbons (Fsp3) is 0.226. The Labute approximate surface area is 237 Å². The number of benzene rings is 3. The summed E-state index contributed by atoms with van der Waals surface area (Å²) in [5, 5.41) is 24.5. The van der Waals surface area contributed by atoms with Gasteiger partial charge in [-0.05, 0) is 78.4 Å². The second-order valence-corrected chi connectivity index (χ2v) is 9.79. The van der Waals surface area contributed by atoms with Crippen molar-refractivity contribution in [2.75, 3.05) is 19.0 Å². The first-order chi connectivity index (χ1) is 19.6. The van der Waals surface area contributed by atoms with Gasteiger partial charge in [-0.15, -0.1) is 0 Å². The van der Waals surface area contributed by atoms with Crippen LogP contribution in [0.3, 0.4) is 0 Å². The number of carboxylic acids is 1. The van der Waals surface area contributed by atoms with Gasteiger partial charge in [-0.3, -0.25) is 14.9 Å². The number of hydrogen-bond acceptors (Lipinski definition) is 7. The van der Waals surface area contributed by atoms with Crippen LogP contribution in [0.1, 0.15) is 34.1 Å². The standard InChI is InChI=1S/C31H31FN4O5/c1-18-21(20-13-25(32)24(28(14-20)41-4)15-35-31(3,16-37)30(39)40)7-5-8-22(18)23-9-6-10-26(19(23)2)36-29(38)27-11-12-33-17-34-27/h5-14,17,35,37H,15-16H2,1-4H3,(H,36,38)(H,39,40)/t31-/m0/s1. The number of methoxy groups -OCH3 is 1. The van der Waals surface area contributed by atoms with Gasteiger partial charge in [0, 0.05) is 24.0 Å². The molecule has 1 atom stereocenters. The summed E-state index contributed by atoms with van der Waals surface area (Å²) in [6.07, 6.45) is 2.82. The summed E-state index contributed by atoms with van der Waals surface area (Å²) < 4.78 is 20.9. The lowest BCUT2D eigenvalue weighted by molar-refractivity contribution is -0.145. The monoisotopic (exact) mass is 558 g/mol. The van der Waals surface area contributed by atoms with E-state index in [9.17, 15) is 19.8 Å². The molecule has 0 unspecified atom stereocenters. The Morgan fingerprint density at radius 1 is 1.02 bits per heavy atom. The van der Waals surface area contributed by atoms with Gasteiger partial charge in [-0.2, -0.15) is 0 Å². The summed E-state index contributed by atoms with van der Waals surface area (Å²) in [4.78, 5) is 32.1. The van der Waals surface area contributed by atoms with E-state index in [1.54, 1.807) is 6.07 Å². The van der Waals surface area contributed by atoms with Gasteiger partial charge >= 0.3 is 5.97 Å². The molecule has 9 nitrogen and oxygen atoms in total. The Bertz CT molecular complexity index is 1600. The lowest BCUT2D eigenvalue weighted by atomic mass is 9.90. The van der Waals surface area contributed by atoms with Gasteiger partial charge < -0.3 is 20.3 Å². The average molecular weight is 559 g/mol. The van der Waals surface area contributed by atoms with Gasteiger partial charge in [-0.25, -0.2) is 14.4 Å². The molecule has 0 fully saturated rings. The van der Waals surface area contributed by atoms with Crippen LogP contribution in [0.25, 0.3) is 22.3 Å². The molecule has 1 amide bonds. The van der Waals surface area contributed by atoms with Crippen LogP contribution in [0, 0.1) is 19.7 Å². The summed E-state index contributed by atoms with van der Waals surface area (Å²) in [6.45, 7) is 4.35. The number of nitrogens with one attached hydrogen (secondary N) is 2. The van der Waals surface area contributed by atoms with E-state index in [1.807, 2.05) is 50.2 Å². The Morgan fingerprint density at radius 2 is 1.71 bits per heavy atom. The molecule has 10 heteroatoms. The Balaban J connectivity index is 1.68. The van der Waals surface area contributed by atoms with Crippen molar-refractivity contribution >= 4 is 17.6 Å². The third kappa shape index (κ3) is 6.08. The second-order valence-electron chi connectivity index (χ2n) is 9.79. The average Bonchev–Trinajstić information content (AvgIpc) is 2.97. The van der Waals surface area contributed by atoms with Crippen molar-refractivity contribution in [3.8, 4) is 28.0 Å². The molecular weight excluding hydrogens is 527 g/mol. The third-order valence-corrected chi connectivity index (χ3v) is 7.15. The summed E-state index contributed by atoms with van der Waals surface area (Å²) in [5.74, 6) is -1.93. The van der Waals surface area contributed by atoms with Crippen LogP contribution in [0.5, 0.6) is 5.75 Å². The number of ether oxygens (including phenoxy) is 1. The molecule has 0 saturated carbocycles. The van der Waals surface area contributed by atoms with Crippen molar-refractivity contribution in [3.63, 3.8) is 0 Å². The van der Waals surface area contributed by atoms with Crippen molar-refractivity contribution in [2.24, 2.45) is 0 Å². The molecule has 0 radical (unpaired) electrons. The number of anilines is 1. The normalized spacial score (nSPS) is 12.4. The Hall–Kier alpha value is -4.67. The number of hydrogen-bond donors (Lipinski definition) is 4. The zero-order chi connectivity index (χ0) is 29.7. The Morgan fingerprint density at radius 3 is 2.34 bits per heavy atom. The van der Waals surface area contributed by atoms with Gasteiger partial charge in [0.15, 0.2) is 0 Å². The number of carbonyl (C=O) groups excluding carboxylic acids is 1. The van der Waals surface area contributed by atoms with Gasteiger partial charge in [0.05, 0.1) is 13.7 Å². The van der Waals surface area contributed by atoms with E-state index < -0.39 is 23.9 Å². The number of aliphatic carboxylic acids is 1. The fourth-order valence-corrected chi connectivity index (χ4v) is 4.52. The van der Waals surface area contributed by atoms with Gasteiger partial charge in [-0.1, -0.05) is 30.3 Å². The lowest BCUT2D eigenvalue weighted by Gasteiger charge is -2.24. The molecule has 0 spiro atoms. The maximum Gasteiger partial charge on any atom is 0.326 e. The zero-order valence-corrected chi connectivity index (χ0v) is 23.2. The molecular formula is C31H31FN4O5. The molecule has 0 bridgehead atoms. The molecule has 4 aromatic rings. The third-order valence-electron chi connectivity index (χ3n) is 7.15. The van der Waals surface area contributed by atoms with E-state index >= 15 is 4.39 Å². The summed E-state index contributed by atoms with van der Waals surface area (Å²) in [5.41, 5.74) is 4.30. The molecule has 1 aromatic heterocycles. The van der Waals surface area contributed by atoms with Gasteiger partial charge in [0.1, 0.15) is 29.1 Å². The van der Waals surface area contributed by atoms with Crippen molar-refractivity contribution in [2.45, 2.75) is 32.9 Å². The maximum atomic E-state index is 15.4. The molecule has 4 N–H and O–H groups in total. The number of aliphatic hydroxyl groups excluding tert-OH is 1. The molecule has 0 aliphatic rings. The minimum atomic E-state index is -1.64. The number of rotatable bonds is 10. The molecule has 212 valence electrons. The highest BCUT2D eigenvalue weighted by atomic mass is 19.1. The van der Waals surface area contributed by atoms with E-state index in [4.69, 9.17) is 4.74 Å². The van der Waals surface area contributed by atoms with E-state index in [1.165, 1.54) is 38.7 Å². The summed E-state index contributed by atoms with van der Waals surface area (Å²) >= 11 is 0. The van der Waals surface area contributed by atoms with Crippen molar-refractivity contribution in [3.05, 3.63) is 95.3 Å². The molecule has 1 heterocycles. The van der Waals surface area contributed by atoms with E-state index in [0.29, 0.717) is 11.3 Å². The highest BCUT2D eigenvalue weighted by molar-refractivity contribution is 6.03. The first-order valence-electron chi connectivity index (χ1n) is 12.8. The molecule has 4 rings (SSSR count). The number of carbonyl (C=O) groups is 2. The number of carboxylic acid groups (broad SMARTS) is 1. The quantitative estimate of drug-likeness (QED) is 0.219. The van der Waals surface area contributed by atoms with Crippen LogP contribution in [-0.2, 0) is 11.3 Å². The predicted molar refractivity (Wildman–Crippen MR) is 153 cm³/mol. The van der Waals surface area contributed by atoms with Crippen molar-refractivity contribution in [1.82, 2.24) is 15.3 Å². The molecule has 0 aliphatic carbocycles. The molecule has 0 aliphatic heterocycles. The number of aromatic nitrogens is 2. The highest BCUT2D eigenvalue weighted by Gasteiger charge is 2.32. The van der Waals surface area contributed by atoms with Crippen molar-refractivity contribution < 1.29 is 28.9 Å². The van der Waals surface area contributed by atoms with Crippen LogP contribution in [0.4, 0.5) is 10.1 Å². The first-order valence-corrected chi connectivity index (χ1v) is 12.8. The number of aliphatic hydroxyl groups is 1. The van der Waals surface area contributed by atoms with Crippen molar-refractivity contribution in [1.29, 1.82) is 0 Å². The van der Waals surface area contributed by atoms with Crippen LogP contribution in [0.2, 0.25) is 0 Å². The van der Waals surface area contributed by atoms with Crippen LogP contribution >= 0.6 is 0 Å². The smallest absolute Gasteiger partial charge is 0.326 e. The van der Waals surface area contributed by atoms with E-state index in [0.717, 1.165) is 27.8 Å². The number of amides is 1. The SMILES string of the molecule is COc1cc(-c2cccc(-c3cccc(NC(=O)c4ccncn4)c3C)c2C)cc(F)c1CN[C@@](C)(CO)C(=O)O. The Kier molecular flexibility index (Phi) is 8.75. The second kappa shape index (κ2) is 12.2. The van der Waals surface area contributed by atoms with Crippen LogP contribution in [0.15, 0.2) is 67.1 Å². The first kappa shape index (κ1) is 29.3. The molecule has 0 saturated heterocycles. The number of nitrogens with zero attached hydrogens (tertiary/aromatic N) is 2. The molecule has 41 heavy (non-hydrogen) atoms. The summed E-state index contributed by atoms with van der Waals surface area (Å²) in [7, 11) is 1.42. The lowest BCUT2D eigenvalue weighted by Crippen LogP contribution is -2.52.